The van der Waals surface area contributed by atoms with Crippen molar-refractivity contribution in [3.8, 4) is 0 Å². The number of rotatable bonds is 5. The van der Waals surface area contributed by atoms with Crippen LogP contribution in [0.25, 0.3) is 0 Å². The van der Waals surface area contributed by atoms with Gasteiger partial charge in [0.25, 0.3) is 0 Å². The standard InChI is InChI=1S/C16H20N2O2S/c1-3-21(19,20)16-7-5-4-6-15(16)18-12(2)13-8-10-14(17)11-9-13/h4-12,18H,3,17H2,1-2H3. The predicted molar refractivity (Wildman–Crippen MR) is 87.1 cm³/mol. The minimum absolute atomic E-state index is 0.0150. The van der Waals surface area contributed by atoms with Gasteiger partial charge in [0.05, 0.1) is 16.3 Å². The average Bonchev–Trinajstić information content (AvgIpc) is 2.48. The van der Waals surface area contributed by atoms with Crippen molar-refractivity contribution in [2.75, 3.05) is 16.8 Å². The highest BCUT2D eigenvalue weighted by molar-refractivity contribution is 7.91. The number of hydrogen-bond acceptors (Lipinski definition) is 4. The summed E-state index contributed by atoms with van der Waals surface area (Å²) in [5.41, 5.74) is 8.06. The smallest absolute Gasteiger partial charge is 0.180 e. The van der Waals surface area contributed by atoms with Crippen molar-refractivity contribution in [2.45, 2.75) is 24.8 Å². The van der Waals surface area contributed by atoms with Crippen molar-refractivity contribution >= 4 is 21.2 Å². The Balaban J connectivity index is 2.30. The van der Waals surface area contributed by atoms with Gasteiger partial charge in [0.15, 0.2) is 9.84 Å². The summed E-state index contributed by atoms with van der Waals surface area (Å²) in [7, 11) is -3.25. The van der Waals surface area contributed by atoms with E-state index in [2.05, 4.69) is 5.32 Å². The summed E-state index contributed by atoms with van der Waals surface area (Å²) in [6.07, 6.45) is 0. The van der Waals surface area contributed by atoms with Gasteiger partial charge in [-0.2, -0.15) is 0 Å². The Morgan fingerprint density at radius 1 is 1.10 bits per heavy atom. The molecule has 0 aliphatic rings. The second kappa shape index (κ2) is 6.18. The number of sulfone groups is 1. The van der Waals surface area contributed by atoms with Crippen LogP contribution < -0.4 is 11.1 Å². The summed E-state index contributed by atoms with van der Waals surface area (Å²) < 4.78 is 24.3. The second-order valence-electron chi connectivity index (χ2n) is 4.93. The zero-order valence-corrected chi connectivity index (χ0v) is 13.0. The van der Waals surface area contributed by atoms with Gasteiger partial charge < -0.3 is 11.1 Å². The van der Waals surface area contributed by atoms with E-state index in [1.165, 1.54) is 0 Å². The van der Waals surface area contributed by atoms with E-state index in [0.717, 1.165) is 5.56 Å². The molecular weight excluding hydrogens is 284 g/mol. The van der Waals surface area contributed by atoms with E-state index in [1.807, 2.05) is 37.3 Å². The molecule has 1 unspecified atom stereocenters. The number of nitrogens with two attached hydrogens (primary N) is 1. The van der Waals surface area contributed by atoms with Crippen LogP contribution in [0.15, 0.2) is 53.4 Å². The van der Waals surface area contributed by atoms with Gasteiger partial charge >= 0.3 is 0 Å². The molecule has 21 heavy (non-hydrogen) atoms. The molecule has 0 saturated carbocycles. The van der Waals surface area contributed by atoms with Gasteiger partial charge in [-0.3, -0.25) is 0 Å². The van der Waals surface area contributed by atoms with Gasteiger partial charge in [-0.05, 0) is 36.8 Å². The Morgan fingerprint density at radius 2 is 1.71 bits per heavy atom. The van der Waals surface area contributed by atoms with E-state index in [9.17, 15) is 8.42 Å². The lowest BCUT2D eigenvalue weighted by atomic mass is 10.1. The van der Waals surface area contributed by atoms with E-state index < -0.39 is 9.84 Å². The largest absolute Gasteiger partial charge is 0.399 e. The molecule has 5 heteroatoms. The van der Waals surface area contributed by atoms with Crippen molar-refractivity contribution < 1.29 is 8.42 Å². The molecule has 0 heterocycles. The molecule has 1 atom stereocenters. The summed E-state index contributed by atoms with van der Waals surface area (Å²) in [5, 5.41) is 3.27. The quantitative estimate of drug-likeness (QED) is 0.832. The Bertz CT molecular complexity index is 709. The van der Waals surface area contributed by atoms with Gasteiger partial charge in [0.1, 0.15) is 0 Å². The summed E-state index contributed by atoms with van der Waals surface area (Å²) in [6.45, 7) is 3.64. The van der Waals surface area contributed by atoms with Crippen LogP contribution in [0.2, 0.25) is 0 Å². The van der Waals surface area contributed by atoms with Crippen LogP contribution >= 0.6 is 0 Å². The number of anilines is 2. The zero-order chi connectivity index (χ0) is 15.5. The van der Waals surface area contributed by atoms with Crippen molar-refractivity contribution in [1.82, 2.24) is 0 Å². The summed E-state index contributed by atoms with van der Waals surface area (Å²) in [6, 6.07) is 14.5. The van der Waals surface area contributed by atoms with E-state index in [-0.39, 0.29) is 11.8 Å². The number of para-hydroxylation sites is 1. The average molecular weight is 304 g/mol. The second-order valence-corrected chi connectivity index (χ2v) is 7.18. The fourth-order valence-electron chi connectivity index (χ4n) is 2.11. The monoisotopic (exact) mass is 304 g/mol. The summed E-state index contributed by atoms with van der Waals surface area (Å²) in [4.78, 5) is 0.342. The predicted octanol–water partition coefficient (Wildman–Crippen LogP) is 3.24. The van der Waals surface area contributed by atoms with Crippen molar-refractivity contribution in [3.63, 3.8) is 0 Å². The third-order valence-corrected chi connectivity index (χ3v) is 5.20. The maximum atomic E-state index is 12.1. The first-order valence-corrected chi connectivity index (χ1v) is 8.53. The fraction of sp³-hybridized carbons (Fsp3) is 0.250. The maximum absolute atomic E-state index is 12.1. The van der Waals surface area contributed by atoms with Crippen molar-refractivity contribution in [2.24, 2.45) is 0 Å². The van der Waals surface area contributed by atoms with Gasteiger partial charge in [-0.1, -0.05) is 31.2 Å². The Hall–Kier alpha value is -2.01. The number of benzene rings is 2. The van der Waals surface area contributed by atoms with Crippen LogP contribution in [0, 0.1) is 0 Å². The molecule has 0 radical (unpaired) electrons. The van der Waals surface area contributed by atoms with E-state index in [0.29, 0.717) is 16.3 Å². The molecule has 0 aromatic heterocycles. The molecule has 2 rings (SSSR count). The number of hydrogen-bond donors (Lipinski definition) is 2. The Labute approximate surface area is 125 Å². The molecular formula is C16H20N2O2S. The van der Waals surface area contributed by atoms with Gasteiger partial charge in [0, 0.05) is 11.7 Å². The molecule has 0 aliphatic carbocycles. The number of nitrogens with one attached hydrogen (secondary N) is 1. The third kappa shape index (κ3) is 3.55. The number of nitrogen functional groups attached to an aromatic ring is 1. The first-order valence-electron chi connectivity index (χ1n) is 6.88. The van der Waals surface area contributed by atoms with E-state index in [1.54, 1.807) is 25.1 Å². The molecule has 0 amide bonds. The lowest BCUT2D eigenvalue weighted by molar-refractivity contribution is 0.597. The topological polar surface area (TPSA) is 72.2 Å². The van der Waals surface area contributed by atoms with Crippen molar-refractivity contribution in [3.05, 3.63) is 54.1 Å². The highest BCUT2D eigenvalue weighted by Gasteiger charge is 2.17. The highest BCUT2D eigenvalue weighted by Crippen LogP contribution is 2.26. The molecule has 4 nitrogen and oxygen atoms in total. The Kier molecular flexibility index (Phi) is 4.53. The van der Waals surface area contributed by atoms with Crippen LogP contribution in [-0.2, 0) is 9.84 Å². The molecule has 0 fully saturated rings. The first kappa shape index (κ1) is 15.4. The zero-order valence-electron chi connectivity index (χ0n) is 12.2. The van der Waals surface area contributed by atoms with Crippen molar-refractivity contribution in [1.29, 1.82) is 0 Å². The molecule has 2 aromatic rings. The van der Waals surface area contributed by atoms with Gasteiger partial charge in [-0.25, -0.2) is 8.42 Å². The minimum atomic E-state index is -3.25. The normalized spacial score (nSPS) is 12.9. The lowest BCUT2D eigenvalue weighted by Gasteiger charge is -2.18. The molecule has 3 N–H and O–H groups in total. The van der Waals surface area contributed by atoms with Crippen LogP contribution in [0.1, 0.15) is 25.5 Å². The maximum Gasteiger partial charge on any atom is 0.180 e. The molecule has 0 aliphatic heterocycles. The van der Waals surface area contributed by atoms with Crippen LogP contribution in [-0.4, -0.2) is 14.2 Å². The van der Waals surface area contributed by atoms with Crippen LogP contribution in [0.4, 0.5) is 11.4 Å². The van der Waals surface area contributed by atoms with Gasteiger partial charge in [0.2, 0.25) is 0 Å². The SMILES string of the molecule is CCS(=O)(=O)c1ccccc1NC(C)c1ccc(N)cc1. The first-order chi connectivity index (χ1) is 9.94. The third-order valence-electron chi connectivity index (χ3n) is 3.41. The van der Waals surface area contributed by atoms with Gasteiger partial charge in [-0.15, -0.1) is 0 Å². The van der Waals surface area contributed by atoms with Crippen LogP contribution in [0.3, 0.4) is 0 Å². The fourth-order valence-corrected chi connectivity index (χ4v) is 3.17. The molecule has 0 spiro atoms. The van der Waals surface area contributed by atoms with Crippen LogP contribution in [0.5, 0.6) is 0 Å². The molecule has 0 bridgehead atoms. The summed E-state index contributed by atoms with van der Waals surface area (Å²) >= 11 is 0. The Morgan fingerprint density at radius 3 is 2.33 bits per heavy atom. The highest BCUT2D eigenvalue weighted by atomic mass is 32.2. The molecule has 2 aromatic carbocycles. The van der Waals surface area contributed by atoms with E-state index >= 15 is 0 Å². The lowest BCUT2D eigenvalue weighted by Crippen LogP contribution is -2.12. The minimum Gasteiger partial charge on any atom is -0.399 e. The molecule has 112 valence electrons. The molecule has 0 saturated heterocycles. The summed E-state index contributed by atoms with van der Waals surface area (Å²) in [5.74, 6) is 0.0853. The van der Waals surface area contributed by atoms with E-state index in [4.69, 9.17) is 5.73 Å².